The number of carbonyl (C=O) groups excluding carboxylic acids is 1. The van der Waals surface area contributed by atoms with E-state index in [0.717, 1.165) is 35.3 Å². The summed E-state index contributed by atoms with van der Waals surface area (Å²) in [6.07, 6.45) is 5.34. The van der Waals surface area contributed by atoms with Crippen molar-refractivity contribution in [3.8, 4) is 0 Å². The number of amides is 1. The molecule has 3 rings (SSSR count). The number of aryl methyl sites for hydroxylation is 3. The molecule has 0 fully saturated rings. The van der Waals surface area contributed by atoms with Gasteiger partial charge in [0.15, 0.2) is 0 Å². The van der Waals surface area contributed by atoms with Crippen molar-refractivity contribution < 1.29 is 4.79 Å². The van der Waals surface area contributed by atoms with Gasteiger partial charge in [-0.3, -0.25) is 9.48 Å². The zero-order valence-electron chi connectivity index (χ0n) is 13.5. The molecule has 116 valence electrons. The number of fused-ring (bicyclic) bond motifs is 1. The van der Waals surface area contributed by atoms with Gasteiger partial charge in [0.1, 0.15) is 6.54 Å². The average molecular weight is 297 g/mol. The average Bonchev–Trinajstić information content (AvgIpc) is 2.84. The second-order valence-corrected chi connectivity index (χ2v) is 6.51. The molecule has 0 saturated carbocycles. The SMILES string of the molecule is Cc1ccc(C)c(NC(=O)Cn2cc3c(n2)CC[C@H](C)C3)c1. The Bertz CT molecular complexity index is 702. The number of anilines is 1. The standard InChI is InChI=1S/C18H23N3O/c1-12-5-7-16-15(8-12)10-21(20-16)11-18(22)19-17-9-13(2)4-6-14(17)3/h4,6,9-10,12H,5,7-8,11H2,1-3H3,(H,19,22)/t12-/m0/s1. The Morgan fingerprint density at radius 2 is 2.23 bits per heavy atom. The lowest BCUT2D eigenvalue weighted by molar-refractivity contribution is -0.116. The van der Waals surface area contributed by atoms with Gasteiger partial charge < -0.3 is 5.32 Å². The minimum Gasteiger partial charge on any atom is -0.324 e. The summed E-state index contributed by atoms with van der Waals surface area (Å²) in [5.74, 6) is 0.690. The summed E-state index contributed by atoms with van der Waals surface area (Å²) in [6, 6.07) is 6.08. The van der Waals surface area contributed by atoms with Crippen molar-refractivity contribution in [2.45, 2.75) is 46.6 Å². The first-order chi connectivity index (χ1) is 10.5. The lowest BCUT2D eigenvalue weighted by atomic mass is 9.89. The molecule has 0 unspecified atom stereocenters. The van der Waals surface area contributed by atoms with Crippen LogP contribution in [0.15, 0.2) is 24.4 Å². The first-order valence-corrected chi connectivity index (χ1v) is 7.93. The van der Waals surface area contributed by atoms with Crippen molar-refractivity contribution in [2.24, 2.45) is 5.92 Å². The highest BCUT2D eigenvalue weighted by atomic mass is 16.2. The number of nitrogens with zero attached hydrogens (tertiary/aromatic N) is 2. The third kappa shape index (κ3) is 3.21. The van der Waals surface area contributed by atoms with Crippen molar-refractivity contribution >= 4 is 11.6 Å². The maximum atomic E-state index is 12.3. The Morgan fingerprint density at radius 1 is 1.41 bits per heavy atom. The Hall–Kier alpha value is -2.10. The van der Waals surface area contributed by atoms with Gasteiger partial charge in [0.2, 0.25) is 5.91 Å². The van der Waals surface area contributed by atoms with E-state index >= 15 is 0 Å². The Balaban J connectivity index is 1.68. The predicted octanol–water partition coefficient (Wildman–Crippen LogP) is 3.26. The molecule has 1 aliphatic rings. The maximum Gasteiger partial charge on any atom is 0.246 e. The normalized spacial score (nSPS) is 17.1. The molecule has 1 N–H and O–H groups in total. The van der Waals surface area contributed by atoms with Crippen LogP contribution < -0.4 is 5.32 Å². The molecule has 1 aromatic heterocycles. The van der Waals surface area contributed by atoms with Crippen molar-refractivity contribution in [2.75, 3.05) is 5.32 Å². The molecule has 0 aliphatic heterocycles. The fourth-order valence-electron chi connectivity index (χ4n) is 3.03. The lowest BCUT2D eigenvalue weighted by Gasteiger charge is -2.15. The lowest BCUT2D eigenvalue weighted by Crippen LogP contribution is -2.19. The van der Waals surface area contributed by atoms with Crippen LogP contribution in [0.2, 0.25) is 0 Å². The quantitative estimate of drug-likeness (QED) is 0.945. The number of rotatable bonds is 3. The summed E-state index contributed by atoms with van der Waals surface area (Å²) in [5, 5.41) is 7.55. The van der Waals surface area contributed by atoms with Gasteiger partial charge in [-0.25, -0.2) is 0 Å². The molecule has 0 saturated heterocycles. The molecular weight excluding hydrogens is 274 g/mol. The van der Waals surface area contributed by atoms with Crippen LogP contribution in [0, 0.1) is 19.8 Å². The van der Waals surface area contributed by atoms with E-state index in [4.69, 9.17) is 0 Å². The van der Waals surface area contributed by atoms with E-state index < -0.39 is 0 Å². The van der Waals surface area contributed by atoms with E-state index in [-0.39, 0.29) is 12.5 Å². The highest BCUT2D eigenvalue weighted by Crippen LogP contribution is 2.24. The molecule has 1 amide bonds. The second kappa shape index (κ2) is 5.95. The first kappa shape index (κ1) is 14.8. The van der Waals surface area contributed by atoms with Crippen molar-refractivity contribution in [3.63, 3.8) is 0 Å². The first-order valence-electron chi connectivity index (χ1n) is 7.93. The zero-order chi connectivity index (χ0) is 15.7. The molecule has 4 nitrogen and oxygen atoms in total. The molecular formula is C18H23N3O. The fourth-order valence-corrected chi connectivity index (χ4v) is 3.03. The number of benzene rings is 1. The number of nitrogens with one attached hydrogen (secondary N) is 1. The minimum atomic E-state index is -0.0263. The van der Waals surface area contributed by atoms with Gasteiger partial charge in [-0.2, -0.15) is 5.10 Å². The monoisotopic (exact) mass is 297 g/mol. The number of aromatic nitrogens is 2. The Morgan fingerprint density at radius 3 is 3.05 bits per heavy atom. The van der Waals surface area contributed by atoms with Gasteiger partial charge in [0.25, 0.3) is 0 Å². The highest BCUT2D eigenvalue weighted by Gasteiger charge is 2.19. The predicted molar refractivity (Wildman–Crippen MR) is 88.0 cm³/mol. The molecule has 1 aliphatic carbocycles. The number of carbonyl (C=O) groups is 1. The van der Waals surface area contributed by atoms with Crippen LogP contribution in [0.1, 0.15) is 35.7 Å². The molecule has 22 heavy (non-hydrogen) atoms. The summed E-state index contributed by atoms with van der Waals surface area (Å²) in [6.45, 7) is 6.57. The van der Waals surface area contributed by atoms with Crippen LogP contribution in [-0.4, -0.2) is 15.7 Å². The van der Waals surface area contributed by atoms with Gasteiger partial charge >= 0.3 is 0 Å². The molecule has 2 aromatic rings. The van der Waals surface area contributed by atoms with E-state index in [1.165, 1.54) is 12.0 Å². The van der Waals surface area contributed by atoms with Gasteiger partial charge in [0.05, 0.1) is 5.69 Å². The summed E-state index contributed by atoms with van der Waals surface area (Å²) in [4.78, 5) is 12.3. The highest BCUT2D eigenvalue weighted by molar-refractivity contribution is 5.91. The number of hydrogen-bond acceptors (Lipinski definition) is 2. The van der Waals surface area contributed by atoms with Gasteiger partial charge in [-0.15, -0.1) is 0 Å². The third-order valence-electron chi connectivity index (χ3n) is 4.34. The summed E-state index contributed by atoms with van der Waals surface area (Å²) in [7, 11) is 0. The maximum absolute atomic E-state index is 12.3. The Kier molecular flexibility index (Phi) is 4.01. The van der Waals surface area contributed by atoms with Crippen LogP contribution in [-0.2, 0) is 24.2 Å². The topological polar surface area (TPSA) is 46.9 Å². The van der Waals surface area contributed by atoms with Gasteiger partial charge in [0, 0.05) is 11.9 Å². The molecule has 1 heterocycles. The van der Waals surface area contributed by atoms with Crippen LogP contribution in [0.5, 0.6) is 0 Å². The molecule has 0 spiro atoms. The van der Waals surface area contributed by atoms with Crippen molar-refractivity contribution in [3.05, 3.63) is 46.8 Å². The zero-order valence-corrected chi connectivity index (χ0v) is 13.5. The minimum absolute atomic E-state index is 0.0263. The molecule has 4 heteroatoms. The van der Waals surface area contributed by atoms with E-state index in [0.29, 0.717) is 5.92 Å². The fraction of sp³-hybridized carbons (Fsp3) is 0.444. The molecule has 0 radical (unpaired) electrons. The van der Waals surface area contributed by atoms with E-state index in [1.54, 1.807) is 4.68 Å². The van der Waals surface area contributed by atoms with E-state index in [9.17, 15) is 4.79 Å². The molecule has 0 bridgehead atoms. The third-order valence-corrected chi connectivity index (χ3v) is 4.34. The van der Waals surface area contributed by atoms with Crippen LogP contribution >= 0.6 is 0 Å². The molecule has 1 atom stereocenters. The van der Waals surface area contributed by atoms with E-state index in [1.807, 2.05) is 38.2 Å². The van der Waals surface area contributed by atoms with Gasteiger partial charge in [-0.1, -0.05) is 19.1 Å². The smallest absolute Gasteiger partial charge is 0.246 e. The summed E-state index contributed by atoms with van der Waals surface area (Å²) >= 11 is 0. The largest absolute Gasteiger partial charge is 0.324 e. The van der Waals surface area contributed by atoms with Crippen LogP contribution in [0.4, 0.5) is 5.69 Å². The summed E-state index contributed by atoms with van der Waals surface area (Å²) in [5.41, 5.74) is 5.57. The number of hydrogen-bond donors (Lipinski definition) is 1. The Labute approximate surface area is 131 Å². The van der Waals surface area contributed by atoms with E-state index in [2.05, 4.69) is 17.3 Å². The van der Waals surface area contributed by atoms with Crippen LogP contribution in [0.3, 0.4) is 0 Å². The van der Waals surface area contributed by atoms with Crippen molar-refractivity contribution in [1.29, 1.82) is 0 Å². The molecule has 1 aromatic carbocycles. The second-order valence-electron chi connectivity index (χ2n) is 6.51. The summed E-state index contributed by atoms with van der Waals surface area (Å²) < 4.78 is 1.78. The van der Waals surface area contributed by atoms with Crippen molar-refractivity contribution in [1.82, 2.24) is 9.78 Å². The van der Waals surface area contributed by atoms with Gasteiger partial charge in [-0.05, 0) is 61.8 Å². The van der Waals surface area contributed by atoms with Crippen LogP contribution in [0.25, 0.3) is 0 Å².